The lowest BCUT2D eigenvalue weighted by molar-refractivity contribution is 0.0948. The van der Waals surface area contributed by atoms with Crippen LogP contribution in [0.5, 0.6) is 0 Å². The Kier molecular flexibility index (Phi) is 8.74. The summed E-state index contributed by atoms with van der Waals surface area (Å²) in [6.45, 7) is 4.59. The minimum absolute atomic E-state index is 0. The number of unbranched alkanes of at least 4 members (excludes halogenated alkanes) is 4. The van der Waals surface area contributed by atoms with Gasteiger partial charge in [0.1, 0.15) is 5.69 Å². The Morgan fingerprint density at radius 1 is 1.07 bits per heavy atom. The zero-order valence-corrected chi connectivity index (χ0v) is 17.4. The number of aromatic nitrogens is 2. The number of rotatable bonds is 10. The summed E-state index contributed by atoms with van der Waals surface area (Å²) in [6, 6.07) is 10.3. The van der Waals surface area contributed by atoms with Crippen molar-refractivity contribution in [2.24, 2.45) is 5.73 Å². The normalized spacial score (nSPS) is 10.9. The number of benzene rings is 1. The molecule has 2 heterocycles. The number of hydrogen-bond donors (Lipinski definition) is 2. The molecule has 0 aliphatic heterocycles. The van der Waals surface area contributed by atoms with Crippen LogP contribution < -0.4 is 11.1 Å². The maximum Gasteiger partial charge on any atom is 0.269 e. The zero-order valence-electron chi connectivity index (χ0n) is 16.6. The monoisotopic (exact) mass is 402 g/mol. The van der Waals surface area contributed by atoms with E-state index in [0.29, 0.717) is 12.2 Å². The highest BCUT2D eigenvalue weighted by Gasteiger charge is 2.14. The molecule has 0 aliphatic rings. The van der Waals surface area contributed by atoms with E-state index < -0.39 is 0 Å². The Balaban J connectivity index is 0.00000280. The van der Waals surface area contributed by atoms with Crippen LogP contribution in [0.3, 0.4) is 0 Å². The van der Waals surface area contributed by atoms with Crippen LogP contribution in [0.1, 0.15) is 55.9 Å². The molecule has 0 bridgehead atoms. The average molecular weight is 403 g/mol. The number of nitrogens with zero attached hydrogens (tertiary/aromatic N) is 2. The standard InChI is InChI=1S/C22H30N4O.ClH/c1-2-3-14-26-20-11-7-6-10-17(20)18-15-19(25-16-21(18)26)22(27)24-13-9-5-4-8-12-23;/h6-7,10-11,15-16H,2-5,8-9,12-14,23H2,1H3,(H,24,27);1H. The van der Waals surface area contributed by atoms with Gasteiger partial charge in [-0.1, -0.05) is 44.4 Å². The van der Waals surface area contributed by atoms with Crippen molar-refractivity contribution in [1.29, 1.82) is 0 Å². The SMILES string of the molecule is CCCCn1c2ccccc2c2cc(C(=O)NCCCCCCN)ncc21.Cl. The Hall–Kier alpha value is -2.11. The molecule has 0 aliphatic carbocycles. The van der Waals surface area contributed by atoms with E-state index >= 15 is 0 Å². The average Bonchev–Trinajstić information content (AvgIpc) is 3.02. The summed E-state index contributed by atoms with van der Waals surface area (Å²) in [4.78, 5) is 16.9. The molecule has 1 aromatic carbocycles. The Labute approximate surface area is 173 Å². The van der Waals surface area contributed by atoms with Crippen molar-refractivity contribution in [3.63, 3.8) is 0 Å². The van der Waals surface area contributed by atoms with Crippen molar-refractivity contribution >= 4 is 40.1 Å². The predicted molar refractivity (Wildman–Crippen MR) is 119 cm³/mol. The second-order valence-electron chi connectivity index (χ2n) is 7.07. The first kappa shape index (κ1) is 22.2. The molecule has 0 unspecified atom stereocenters. The number of aryl methyl sites for hydroxylation is 1. The van der Waals surface area contributed by atoms with E-state index in [-0.39, 0.29) is 18.3 Å². The first-order chi connectivity index (χ1) is 13.3. The maximum absolute atomic E-state index is 12.5. The zero-order chi connectivity index (χ0) is 19.1. The Morgan fingerprint density at radius 3 is 2.64 bits per heavy atom. The van der Waals surface area contributed by atoms with Crippen molar-refractivity contribution < 1.29 is 4.79 Å². The van der Waals surface area contributed by atoms with E-state index in [4.69, 9.17) is 5.73 Å². The lowest BCUT2D eigenvalue weighted by atomic mass is 10.1. The lowest BCUT2D eigenvalue weighted by Crippen LogP contribution is -2.25. The van der Waals surface area contributed by atoms with Crippen LogP contribution in [0.15, 0.2) is 36.5 Å². The summed E-state index contributed by atoms with van der Waals surface area (Å²) in [7, 11) is 0. The van der Waals surface area contributed by atoms with Gasteiger partial charge in [0.2, 0.25) is 0 Å². The van der Waals surface area contributed by atoms with E-state index in [0.717, 1.165) is 62.5 Å². The highest BCUT2D eigenvalue weighted by atomic mass is 35.5. The Bertz CT molecular complexity index is 906. The summed E-state index contributed by atoms with van der Waals surface area (Å²) < 4.78 is 2.32. The summed E-state index contributed by atoms with van der Waals surface area (Å²) in [6.07, 6.45) is 8.36. The summed E-state index contributed by atoms with van der Waals surface area (Å²) in [5, 5.41) is 5.27. The number of nitrogens with one attached hydrogen (secondary N) is 1. The highest BCUT2D eigenvalue weighted by molar-refractivity contribution is 6.09. The van der Waals surface area contributed by atoms with E-state index in [1.165, 1.54) is 10.9 Å². The Morgan fingerprint density at radius 2 is 1.86 bits per heavy atom. The first-order valence-corrected chi connectivity index (χ1v) is 10.1. The fraction of sp³-hybridized carbons (Fsp3) is 0.455. The van der Waals surface area contributed by atoms with Crippen LogP contribution in [0.4, 0.5) is 0 Å². The first-order valence-electron chi connectivity index (χ1n) is 10.1. The van der Waals surface area contributed by atoms with Crippen LogP contribution in [0.25, 0.3) is 21.8 Å². The van der Waals surface area contributed by atoms with Crippen LogP contribution in [0, 0.1) is 0 Å². The van der Waals surface area contributed by atoms with Gasteiger partial charge in [0.25, 0.3) is 5.91 Å². The van der Waals surface area contributed by atoms with Gasteiger partial charge in [0.15, 0.2) is 0 Å². The number of amides is 1. The predicted octanol–water partition coefficient (Wildman–Crippen LogP) is 4.66. The van der Waals surface area contributed by atoms with Crippen LogP contribution in [-0.2, 0) is 6.54 Å². The third-order valence-electron chi connectivity index (χ3n) is 5.04. The van der Waals surface area contributed by atoms with E-state index in [1.807, 2.05) is 18.3 Å². The topological polar surface area (TPSA) is 72.9 Å². The number of pyridine rings is 1. The molecule has 3 aromatic rings. The third-order valence-corrected chi connectivity index (χ3v) is 5.04. The molecule has 2 aromatic heterocycles. The molecule has 1 amide bonds. The molecule has 0 fully saturated rings. The molecule has 5 nitrogen and oxygen atoms in total. The largest absolute Gasteiger partial charge is 0.351 e. The van der Waals surface area contributed by atoms with Crippen molar-refractivity contribution in [2.45, 2.75) is 52.0 Å². The molecular weight excluding hydrogens is 372 g/mol. The summed E-state index contributed by atoms with van der Waals surface area (Å²) in [5.74, 6) is -0.0962. The molecule has 0 radical (unpaired) electrons. The van der Waals surface area contributed by atoms with Gasteiger partial charge in [-0.05, 0) is 37.9 Å². The third kappa shape index (κ3) is 5.03. The molecule has 3 rings (SSSR count). The van der Waals surface area contributed by atoms with E-state index in [9.17, 15) is 4.79 Å². The van der Waals surface area contributed by atoms with Gasteiger partial charge >= 0.3 is 0 Å². The summed E-state index contributed by atoms with van der Waals surface area (Å²) >= 11 is 0. The number of hydrogen-bond acceptors (Lipinski definition) is 3. The number of halogens is 1. The number of fused-ring (bicyclic) bond motifs is 3. The molecule has 0 spiro atoms. The molecule has 6 heteroatoms. The quantitative estimate of drug-likeness (QED) is 0.484. The van der Waals surface area contributed by atoms with Crippen LogP contribution in [-0.4, -0.2) is 28.5 Å². The van der Waals surface area contributed by atoms with Gasteiger partial charge < -0.3 is 15.6 Å². The molecule has 3 N–H and O–H groups in total. The molecule has 0 saturated heterocycles. The summed E-state index contributed by atoms with van der Waals surface area (Å²) in [5.41, 5.74) is 8.30. The molecule has 0 saturated carbocycles. The second kappa shape index (κ2) is 11.0. The van der Waals surface area contributed by atoms with Crippen molar-refractivity contribution in [1.82, 2.24) is 14.9 Å². The maximum atomic E-state index is 12.5. The van der Waals surface area contributed by atoms with E-state index in [1.54, 1.807) is 0 Å². The second-order valence-corrected chi connectivity index (χ2v) is 7.07. The smallest absolute Gasteiger partial charge is 0.269 e. The number of nitrogens with two attached hydrogens (primary N) is 1. The molecular formula is C22H31ClN4O. The van der Waals surface area contributed by atoms with Gasteiger partial charge in [-0.2, -0.15) is 0 Å². The number of carbonyl (C=O) groups is 1. The van der Waals surface area contributed by atoms with Gasteiger partial charge in [0.05, 0.1) is 11.7 Å². The number of para-hydroxylation sites is 1. The fourth-order valence-electron chi connectivity index (χ4n) is 3.54. The molecule has 152 valence electrons. The molecule has 28 heavy (non-hydrogen) atoms. The van der Waals surface area contributed by atoms with Gasteiger partial charge in [0, 0.05) is 29.4 Å². The van der Waals surface area contributed by atoms with Gasteiger partial charge in [-0.25, -0.2) is 4.98 Å². The van der Waals surface area contributed by atoms with Gasteiger partial charge in [-0.15, -0.1) is 12.4 Å². The van der Waals surface area contributed by atoms with Crippen LogP contribution in [0.2, 0.25) is 0 Å². The van der Waals surface area contributed by atoms with E-state index in [2.05, 4.69) is 40.0 Å². The minimum Gasteiger partial charge on any atom is -0.351 e. The number of carbonyl (C=O) groups excluding carboxylic acids is 1. The van der Waals surface area contributed by atoms with Gasteiger partial charge in [-0.3, -0.25) is 4.79 Å². The molecule has 0 atom stereocenters. The van der Waals surface area contributed by atoms with Crippen LogP contribution >= 0.6 is 12.4 Å². The van der Waals surface area contributed by atoms with Crippen molar-refractivity contribution in [3.8, 4) is 0 Å². The van der Waals surface area contributed by atoms with Crippen molar-refractivity contribution in [2.75, 3.05) is 13.1 Å². The highest BCUT2D eigenvalue weighted by Crippen LogP contribution is 2.29. The van der Waals surface area contributed by atoms with Crippen molar-refractivity contribution in [3.05, 3.63) is 42.2 Å². The minimum atomic E-state index is -0.0962. The fourth-order valence-corrected chi connectivity index (χ4v) is 3.54. The lowest BCUT2D eigenvalue weighted by Gasteiger charge is -2.07.